The Kier molecular flexibility index (Phi) is 4.72. The smallest absolute Gasteiger partial charge is 0.241 e. The van der Waals surface area contributed by atoms with E-state index in [0.29, 0.717) is 11.1 Å². The summed E-state index contributed by atoms with van der Waals surface area (Å²) in [6.45, 7) is 1.15. The maximum absolute atomic E-state index is 13.1. The van der Waals surface area contributed by atoms with Crippen LogP contribution in [-0.2, 0) is 10.0 Å². The summed E-state index contributed by atoms with van der Waals surface area (Å²) in [4.78, 5) is -0.00159. The molecule has 0 spiro atoms. The van der Waals surface area contributed by atoms with Gasteiger partial charge in [0.15, 0.2) is 0 Å². The molecule has 112 valence electrons. The Hall–Kier alpha value is -1.76. The fraction of sp³-hybridized carbons (Fsp3) is 0.200. The summed E-state index contributed by atoms with van der Waals surface area (Å²) in [5.74, 6) is -0.492. The monoisotopic (exact) mass is 309 g/mol. The molecule has 2 rings (SSSR count). The average molecular weight is 309 g/mol. The van der Waals surface area contributed by atoms with Gasteiger partial charge < -0.3 is 5.11 Å². The first kappa shape index (κ1) is 15.6. The van der Waals surface area contributed by atoms with Crippen LogP contribution in [0, 0.1) is 12.7 Å². The number of hydrogen-bond acceptors (Lipinski definition) is 3. The summed E-state index contributed by atoms with van der Waals surface area (Å²) in [5, 5.41) is 9.42. The Balaban J connectivity index is 2.32. The molecule has 0 saturated heterocycles. The Labute approximate surface area is 123 Å². The van der Waals surface area contributed by atoms with Crippen LogP contribution in [0.25, 0.3) is 0 Å². The van der Waals surface area contributed by atoms with Gasteiger partial charge in [-0.25, -0.2) is 17.5 Å². The van der Waals surface area contributed by atoms with Gasteiger partial charge in [0.1, 0.15) is 5.82 Å². The summed E-state index contributed by atoms with van der Waals surface area (Å²) in [6, 6.07) is 11.5. The highest BCUT2D eigenvalue weighted by Gasteiger charge is 2.22. The molecule has 0 bridgehead atoms. The highest BCUT2D eigenvalue weighted by atomic mass is 32.2. The molecular weight excluding hydrogens is 293 g/mol. The first-order valence-electron chi connectivity index (χ1n) is 6.38. The molecule has 0 aliphatic carbocycles. The van der Waals surface area contributed by atoms with Crippen molar-refractivity contribution >= 4 is 10.0 Å². The van der Waals surface area contributed by atoms with E-state index in [1.54, 1.807) is 30.3 Å². The van der Waals surface area contributed by atoms with Gasteiger partial charge >= 0.3 is 0 Å². The number of benzene rings is 2. The highest BCUT2D eigenvalue weighted by Crippen LogP contribution is 2.20. The molecule has 0 saturated carbocycles. The molecule has 2 N–H and O–H groups in total. The zero-order chi connectivity index (χ0) is 15.5. The first-order valence-corrected chi connectivity index (χ1v) is 7.86. The Morgan fingerprint density at radius 1 is 1.19 bits per heavy atom. The summed E-state index contributed by atoms with van der Waals surface area (Å²) in [7, 11) is -3.84. The lowest BCUT2D eigenvalue weighted by Gasteiger charge is -2.17. The number of nitrogens with one attached hydrogen (secondary N) is 1. The van der Waals surface area contributed by atoms with Crippen molar-refractivity contribution in [1.29, 1.82) is 0 Å². The molecular formula is C15H16FNO3S. The molecule has 0 radical (unpaired) electrons. The SMILES string of the molecule is Cc1cc(F)ccc1S(=O)(=O)N[C@@H](CO)c1ccccc1. The normalized spacial score (nSPS) is 13.1. The second-order valence-corrected chi connectivity index (χ2v) is 6.36. The third-order valence-electron chi connectivity index (χ3n) is 3.11. The molecule has 0 aliphatic heterocycles. The van der Waals surface area contributed by atoms with Crippen molar-refractivity contribution < 1.29 is 17.9 Å². The first-order chi connectivity index (χ1) is 9.94. The molecule has 0 fully saturated rings. The van der Waals surface area contributed by atoms with Crippen molar-refractivity contribution in [3.63, 3.8) is 0 Å². The zero-order valence-electron chi connectivity index (χ0n) is 11.5. The van der Waals surface area contributed by atoms with E-state index in [4.69, 9.17) is 0 Å². The van der Waals surface area contributed by atoms with Gasteiger partial charge in [0, 0.05) is 0 Å². The van der Waals surface area contributed by atoms with Gasteiger partial charge in [0.05, 0.1) is 17.5 Å². The van der Waals surface area contributed by atoms with E-state index in [2.05, 4.69) is 4.72 Å². The minimum absolute atomic E-state index is 0.00159. The summed E-state index contributed by atoms with van der Waals surface area (Å²) < 4.78 is 40.2. The second-order valence-electron chi connectivity index (χ2n) is 4.68. The lowest BCUT2D eigenvalue weighted by Crippen LogP contribution is -2.31. The molecule has 2 aromatic rings. The van der Waals surface area contributed by atoms with E-state index in [1.807, 2.05) is 0 Å². The van der Waals surface area contributed by atoms with Gasteiger partial charge in [-0.15, -0.1) is 0 Å². The quantitative estimate of drug-likeness (QED) is 0.889. The van der Waals surface area contributed by atoms with Gasteiger partial charge in [-0.2, -0.15) is 0 Å². The van der Waals surface area contributed by atoms with Crippen LogP contribution in [0.4, 0.5) is 4.39 Å². The van der Waals surface area contributed by atoms with E-state index < -0.39 is 21.9 Å². The number of hydrogen-bond donors (Lipinski definition) is 2. The van der Waals surface area contributed by atoms with Crippen LogP contribution in [0.3, 0.4) is 0 Å². The molecule has 1 atom stereocenters. The van der Waals surface area contributed by atoms with Crippen LogP contribution in [0.1, 0.15) is 17.2 Å². The molecule has 0 amide bonds. The van der Waals surface area contributed by atoms with Gasteiger partial charge in [0.2, 0.25) is 10.0 Å². The van der Waals surface area contributed by atoms with E-state index in [-0.39, 0.29) is 11.5 Å². The van der Waals surface area contributed by atoms with Crippen LogP contribution >= 0.6 is 0 Å². The number of halogens is 1. The lowest BCUT2D eigenvalue weighted by atomic mass is 10.1. The number of aryl methyl sites for hydroxylation is 1. The maximum atomic E-state index is 13.1. The van der Waals surface area contributed by atoms with E-state index in [9.17, 15) is 17.9 Å². The van der Waals surface area contributed by atoms with Crippen LogP contribution in [-0.4, -0.2) is 20.1 Å². The summed E-state index contributed by atoms with van der Waals surface area (Å²) in [5.41, 5.74) is 0.968. The van der Waals surface area contributed by atoms with Gasteiger partial charge in [-0.1, -0.05) is 30.3 Å². The topological polar surface area (TPSA) is 66.4 Å². The van der Waals surface area contributed by atoms with Crippen LogP contribution < -0.4 is 4.72 Å². The fourth-order valence-electron chi connectivity index (χ4n) is 2.06. The number of aliphatic hydroxyl groups is 1. The predicted octanol–water partition coefficient (Wildman–Crippen LogP) is 2.15. The lowest BCUT2D eigenvalue weighted by molar-refractivity contribution is 0.259. The van der Waals surface area contributed by atoms with Crippen LogP contribution in [0.15, 0.2) is 53.4 Å². The van der Waals surface area contributed by atoms with E-state index in [1.165, 1.54) is 13.0 Å². The summed E-state index contributed by atoms with van der Waals surface area (Å²) in [6.07, 6.45) is 0. The van der Waals surface area contributed by atoms with Gasteiger partial charge in [0.25, 0.3) is 0 Å². The van der Waals surface area contributed by atoms with Crippen molar-refractivity contribution in [2.45, 2.75) is 17.9 Å². The number of sulfonamides is 1. The molecule has 0 aromatic heterocycles. The number of aliphatic hydroxyl groups excluding tert-OH is 1. The molecule has 4 nitrogen and oxygen atoms in total. The Morgan fingerprint density at radius 2 is 1.86 bits per heavy atom. The number of rotatable bonds is 5. The second kappa shape index (κ2) is 6.34. The average Bonchev–Trinajstić information content (AvgIpc) is 2.45. The third-order valence-corrected chi connectivity index (χ3v) is 4.74. The fourth-order valence-corrected chi connectivity index (χ4v) is 3.50. The zero-order valence-corrected chi connectivity index (χ0v) is 12.3. The third kappa shape index (κ3) is 3.66. The van der Waals surface area contributed by atoms with Gasteiger partial charge in [-0.05, 0) is 36.2 Å². The van der Waals surface area contributed by atoms with E-state index >= 15 is 0 Å². The molecule has 0 heterocycles. The van der Waals surface area contributed by atoms with Crippen molar-refractivity contribution in [2.24, 2.45) is 0 Å². The largest absolute Gasteiger partial charge is 0.394 e. The Bertz CT molecular complexity index is 717. The highest BCUT2D eigenvalue weighted by molar-refractivity contribution is 7.89. The van der Waals surface area contributed by atoms with Crippen molar-refractivity contribution in [1.82, 2.24) is 4.72 Å². The van der Waals surface area contributed by atoms with E-state index in [0.717, 1.165) is 12.1 Å². The Morgan fingerprint density at radius 3 is 2.43 bits per heavy atom. The molecule has 0 unspecified atom stereocenters. The summed E-state index contributed by atoms with van der Waals surface area (Å²) >= 11 is 0. The van der Waals surface area contributed by atoms with Crippen molar-refractivity contribution in [2.75, 3.05) is 6.61 Å². The van der Waals surface area contributed by atoms with Gasteiger partial charge in [-0.3, -0.25) is 0 Å². The standard InChI is InChI=1S/C15H16FNO3S/c1-11-9-13(16)7-8-15(11)21(19,20)17-14(10-18)12-5-3-2-4-6-12/h2-9,14,17-18H,10H2,1H3/t14-/m0/s1. The maximum Gasteiger partial charge on any atom is 0.241 e. The van der Waals surface area contributed by atoms with Crippen molar-refractivity contribution in [3.05, 3.63) is 65.5 Å². The minimum atomic E-state index is -3.84. The molecule has 21 heavy (non-hydrogen) atoms. The minimum Gasteiger partial charge on any atom is -0.394 e. The van der Waals surface area contributed by atoms with Crippen LogP contribution in [0.2, 0.25) is 0 Å². The molecule has 2 aromatic carbocycles. The predicted molar refractivity (Wildman–Crippen MR) is 77.7 cm³/mol. The van der Waals surface area contributed by atoms with Crippen molar-refractivity contribution in [3.8, 4) is 0 Å². The van der Waals surface area contributed by atoms with Crippen LogP contribution in [0.5, 0.6) is 0 Å². The molecule has 0 aliphatic rings. The molecule has 6 heteroatoms.